The van der Waals surface area contributed by atoms with Crippen LogP contribution < -0.4 is 5.73 Å². The Morgan fingerprint density at radius 1 is 1.33 bits per heavy atom. The SMILES string of the molecule is Nc1nc2ccc(F)cc2n1CCC1CCCC1. The lowest BCUT2D eigenvalue weighted by atomic mass is 10.0. The van der Waals surface area contributed by atoms with Gasteiger partial charge in [0.05, 0.1) is 11.0 Å². The Balaban J connectivity index is 1.85. The molecule has 0 aliphatic heterocycles. The number of rotatable bonds is 3. The first-order valence-corrected chi connectivity index (χ1v) is 6.65. The maximum atomic E-state index is 13.3. The van der Waals surface area contributed by atoms with Gasteiger partial charge >= 0.3 is 0 Å². The molecular formula is C14H18FN3. The normalized spacial score (nSPS) is 16.7. The van der Waals surface area contributed by atoms with Crippen LogP contribution in [-0.4, -0.2) is 9.55 Å². The van der Waals surface area contributed by atoms with Gasteiger partial charge in [0, 0.05) is 6.54 Å². The number of nitrogens with zero attached hydrogens (tertiary/aromatic N) is 2. The van der Waals surface area contributed by atoms with Gasteiger partial charge in [-0.15, -0.1) is 0 Å². The molecule has 0 unspecified atom stereocenters. The third-order valence-electron chi connectivity index (χ3n) is 3.98. The smallest absolute Gasteiger partial charge is 0.201 e. The number of halogens is 1. The Kier molecular flexibility index (Phi) is 2.94. The van der Waals surface area contributed by atoms with Crippen molar-refractivity contribution in [1.82, 2.24) is 9.55 Å². The molecule has 0 amide bonds. The van der Waals surface area contributed by atoms with Gasteiger partial charge < -0.3 is 10.3 Å². The van der Waals surface area contributed by atoms with Crippen molar-refractivity contribution in [3.05, 3.63) is 24.0 Å². The van der Waals surface area contributed by atoms with Gasteiger partial charge in [0.15, 0.2) is 0 Å². The first-order valence-electron chi connectivity index (χ1n) is 6.65. The quantitative estimate of drug-likeness (QED) is 0.904. The summed E-state index contributed by atoms with van der Waals surface area (Å²) in [6.45, 7) is 0.844. The largest absolute Gasteiger partial charge is 0.369 e. The van der Waals surface area contributed by atoms with Crippen molar-refractivity contribution in [2.45, 2.75) is 38.6 Å². The zero-order valence-corrected chi connectivity index (χ0v) is 10.4. The summed E-state index contributed by atoms with van der Waals surface area (Å²) in [7, 11) is 0. The van der Waals surface area contributed by atoms with E-state index in [9.17, 15) is 4.39 Å². The van der Waals surface area contributed by atoms with Gasteiger partial charge in [-0.25, -0.2) is 9.37 Å². The molecule has 3 nitrogen and oxygen atoms in total. The summed E-state index contributed by atoms with van der Waals surface area (Å²) in [6, 6.07) is 4.64. The van der Waals surface area contributed by atoms with E-state index in [-0.39, 0.29) is 5.82 Å². The molecule has 1 heterocycles. The van der Waals surface area contributed by atoms with Crippen LogP contribution in [0.15, 0.2) is 18.2 Å². The molecule has 96 valence electrons. The highest BCUT2D eigenvalue weighted by Crippen LogP contribution is 2.29. The lowest BCUT2D eigenvalue weighted by Gasteiger charge is -2.11. The molecule has 4 heteroatoms. The molecule has 1 aliphatic carbocycles. The van der Waals surface area contributed by atoms with E-state index in [1.54, 1.807) is 6.07 Å². The van der Waals surface area contributed by atoms with E-state index >= 15 is 0 Å². The predicted octanol–water partition coefficient (Wildman–Crippen LogP) is 3.34. The van der Waals surface area contributed by atoms with E-state index in [2.05, 4.69) is 4.98 Å². The maximum absolute atomic E-state index is 13.3. The second-order valence-corrected chi connectivity index (χ2v) is 5.19. The van der Waals surface area contributed by atoms with Crippen molar-refractivity contribution in [2.75, 3.05) is 5.73 Å². The Bertz CT molecular complexity index is 555. The topological polar surface area (TPSA) is 43.8 Å². The number of aromatic nitrogens is 2. The number of hydrogen-bond acceptors (Lipinski definition) is 2. The van der Waals surface area contributed by atoms with Gasteiger partial charge in [-0.05, 0) is 30.5 Å². The maximum Gasteiger partial charge on any atom is 0.201 e. The van der Waals surface area contributed by atoms with Crippen molar-refractivity contribution in [1.29, 1.82) is 0 Å². The third-order valence-corrected chi connectivity index (χ3v) is 3.98. The van der Waals surface area contributed by atoms with Crippen LogP contribution in [-0.2, 0) is 6.54 Å². The first-order chi connectivity index (χ1) is 8.74. The second-order valence-electron chi connectivity index (χ2n) is 5.19. The fourth-order valence-corrected chi connectivity index (χ4v) is 2.96. The number of aryl methyl sites for hydroxylation is 1. The average molecular weight is 247 g/mol. The molecular weight excluding hydrogens is 229 g/mol. The van der Waals surface area contributed by atoms with Crippen molar-refractivity contribution < 1.29 is 4.39 Å². The van der Waals surface area contributed by atoms with Crippen LogP contribution in [0.5, 0.6) is 0 Å². The third kappa shape index (κ3) is 2.07. The number of benzene rings is 1. The van der Waals surface area contributed by atoms with E-state index in [1.807, 2.05) is 4.57 Å². The molecule has 1 fully saturated rings. The number of anilines is 1. The molecule has 3 rings (SSSR count). The number of imidazole rings is 1. The van der Waals surface area contributed by atoms with Crippen LogP contribution in [0.1, 0.15) is 32.1 Å². The van der Waals surface area contributed by atoms with Gasteiger partial charge in [0.2, 0.25) is 5.95 Å². The summed E-state index contributed by atoms with van der Waals surface area (Å²) < 4.78 is 15.2. The van der Waals surface area contributed by atoms with Crippen LogP contribution in [0.3, 0.4) is 0 Å². The molecule has 0 spiro atoms. The van der Waals surface area contributed by atoms with E-state index in [0.717, 1.165) is 29.9 Å². The van der Waals surface area contributed by atoms with E-state index in [4.69, 9.17) is 5.73 Å². The number of nitrogen functional groups attached to an aromatic ring is 1. The summed E-state index contributed by atoms with van der Waals surface area (Å²) in [5, 5.41) is 0. The molecule has 18 heavy (non-hydrogen) atoms. The number of hydrogen-bond donors (Lipinski definition) is 1. The molecule has 0 atom stereocenters. The van der Waals surface area contributed by atoms with Crippen LogP contribution in [0.4, 0.5) is 10.3 Å². The van der Waals surface area contributed by atoms with Gasteiger partial charge in [-0.3, -0.25) is 0 Å². The van der Waals surface area contributed by atoms with Crippen molar-refractivity contribution in [3.8, 4) is 0 Å². The standard InChI is InChI=1S/C14H18FN3/c15-11-5-6-12-13(9-11)18(14(16)17-12)8-7-10-3-1-2-4-10/h5-6,9-10H,1-4,7-8H2,(H2,16,17). The van der Waals surface area contributed by atoms with Gasteiger partial charge in [0.1, 0.15) is 5.82 Å². The van der Waals surface area contributed by atoms with Gasteiger partial charge in [-0.2, -0.15) is 0 Å². The molecule has 1 saturated carbocycles. The molecule has 0 bridgehead atoms. The summed E-state index contributed by atoms with van der Waals surface area (Å²) in [4.78, 5) is 4.27. The highest BCUT2D eigenvalue weighted by atomic mass is 19.1. The molecule has 1 aliphatic rings. The van der Waals surface area contributed by atoms with Crippen LogP contribution in [0, 0.1) is 11.7 Å². The van der Waals surface area contributed by atoms with Crippen molar-refractivity contribution >= 4 is 17.0 Å². The molecule has 2 aromatic rings. The number of nitrogens with two attached hydrogens (primary N) is 1. The second kappa shape index (κ2) is 4.59. The number of fused-ring (bicyclic) bond motifs is 1. The monoisotopic (exact) mass is 247 g/mol. The fraction of sp³-hybridized carbons (Fsp3) is 0.500. The van der Waals surface area contributed by atoms with Crippen LogP contribution in [0.25, 0.3) is 11.0 Å². The summed E-state index contributed by atoms with van der Waals surface area (Å²) >= 11 is 0. The molecule has 1 aromatic heterocycles. The summed E-state index contributed by atoms with van der Waals surface area (Å²) in [5.41, 5.74) is 7.51. The molecule has 0 radical (unpaired) electrons. The minimum absolute atomic E-state index is 0.232. The zero-order valence-electron chi connectivity index (χ0n) is 10.4. The zero-order chi connectivity index (χ0) is 12.5. The van der Waals surface area contributed by atoms with Crippen molar-refractivity contribution in [2.24, 2.45) is 5.92 Å². The Morgan fingerprint density at radius 2 is 2.11 bits per heavy atom. The van der Waals surface area contributed by atoms with E-state index in [0.29, 0.717) is 5.95 Å². The molecule has 1 aromatic carbocycles. The highest BCUT2D eigenvalue weighted by molar-refractivity contribution is 5.78. The van der Waals surface area contributed by atoms with Gasteiger partial charge in [-0.1, -0.05) is 25.7 Å². The van der Waals surface area contributed by atoms with Crippen molar-refractivity contribution in [3.63, 3.8) is 0 Å². The Hall–Kier alpha value is -1.58. The van der Waals surface area contributed by atoms with Crippen LogP contribution in [0.2, 0.25) is 0 Å². The minimum atomic E-state index is -0.232. The predicted molar refractivity (Wildman–Crippen MR) is 70.7 cm³/mol. The highest BCUT2D eigenvalue weighted by Gasteiger charge is 2.16. The molecule has 0 saturated heterocycles. The summed E-state index contributed by atoms with van der Waals surface area (Å²) in [6.07, 6.45) is 6.45. The lowest BCUT2D eigenvalue weighted by molar-refractivity contribution is 0.464. The van der Waals surface area contributed by atoms with E-state index < -0.39 is 0 Å². The Morgan fingerprint density at radius 3 is 2.89 bits per heavy atom. The van der Waals surface area contributed by atoms with Crippen LogP contribution >= 0.6 is 0 Å². The Labute approximate surface area is 106 Å². The lowest BCUT2D eigenvalue weighted by Crippen LogP contribution is -2.07. The minimum Gasteiger partial charge on any atom is -0.369 e. The molecule has 2 N–H and O–H groups in total. The average Bonchev–Trinajstić information content (AvgIpc) is 2.94. The first kappa shape index (κ1) is 11.5. The van der Waals surface area contributed by atoms with E-state index in [1.165, 1.54) is 37.8 Å². The summed E-state index contributed by atoms with van der Waals surface area (Å²) in [5.74, 6) is 1.06. The van der Waals surface area contributed by atoms with Gasteiger partial charge in [0.25, 0.3) is 0 Å². The fourth-order valence-electron chi connectivity index (χ4n) is 2.96.